The summed E-state index contributed by atoms with van der Waals surface area (Å²) in [6.07, 6.45) is 2.62. The lowest BCUT2D eigenvalue weighted by Gasteiger charge is -1.86. The molecule has 0 saturated heterocycles. The van der Waals surface area contributed by atoms with Crippen LogP contribution >= 0.6 is 0 Å². The number of rotatable bonds is 3. The Balaban J connectivity index is 4.32. The maximum Gasteiger partial charge on any atom is 0.354 e. The molecule has 3 heteroatoms. The van der Waals surface area contributed by atoms with Gasteiger partial charge in [-0.1, -0.05) is 12.7 Å². The normalized spacial score (nSPS) is 10.4. The molecule has 0 aliphatic carbocycles. The van der Waals surface area contributed by atoms with E-state index in [1.165, 1.54) is 12.2 Å². The van der Waals surface area contributed by atoms with Gasteiger partial charge in [0.05, 0.1) is 0 Å². The molecule has 0 aliphatic heterocycles. The number of aliphatic carboxylic acids is 1. The van der Waals surface area contributed by atoms with Gasteiger partial charge in [0, 0.05) is 0 Å². The first-order chi connectivity index (χ1) is 4.22. The number of hydrogen-bond donors (Lipinski definition) is 1. The van der Waals surface area contributed by atoms with Crippen LogP contribution in [0.15, 0.2) is 29.4 Å². The fourth-order valence-electron chi connectivity index (χ4n) is 0.303. The molecule has 0 saturated carbocycles. The summed E-state index contributed by atoms with van der Waals surface area (Å²) in [6, 6.07) is 0. The first-order valence-electron chi connectivity index (χ1n) is 2.25. The van der Waals surface area contributed by atoms with Crippen molar-refractivity contribution in [2.24, 2.45) is 4.99 Å². The van der Waals surface area contributed by atoms with Crippen molar-refractivity contribution < 1.29 is 9.90 Å². The minimum absolute atomic E-state index is 0.0926. The minimum Gasteiger partial charge on any atom is -0.477 e. The van der Waals surface area contributed by atoms with Crippen LogP contribution in [0, 0.1) is 0 Å². The highest BCUT2D eigenvalue weighted by atomic mass is 16.4. The molecule has 0 radical (unpaired) electrons. The van der Waals surface area contributed by atoms with Crippen molar-refractivity contribution in [3.05, 3.63) is 24.4 Å². The molecule has 0 unspecified atom stereocenters. The van der Waals surface area contributed by atoms with E-state index in [9.17, 15) is 4.79 Å². The zero-order valence-corrected chi connectivity index (χ0v) is 4.87. The highest BCUT2D eigenvalue weighted by molar-refractivity contribution is 5.87. The molecular weight excluding hydrogens is 118 g/mol. The monoisotopic (exact) mass is 125 g/mol. The summed E-state index contributed by atoms with van der Waals surface area (Å²) in [7, 11) is 0. The zero-order chi connectivity index (χ0) is 7.28. The summed E-state index contributed by atoms with van der Waals surface area (Å²) in [4.78, 5) is 13.3. The molecule has 0 fully saturated rings. The molecule has 0 amide bonds. The summed E-state index contributed by atoms with van der Waals surface area (Å²) < 4.78 is 0. The van der Waals surface area contributed by atoms with Gasteiger partial charge in [-0.2, -0.15) is 0 Å². The number of allylic oxidation sites excluding steroid dienone is 2. The van der Waals surface area contributed by atoms with E-state index < -0.39 is 5.97 Å². The number of hydrogen-bond acceptors (Lipinski definition) is 2. The summed E-state index contributed by atoms with van der Waals surface area (Å²) in [5, 5.41) is 8.25. The molecule has 9 heavy (non-hydrogen) atoms. The van der Waals surface area contributed by atoms with Gasteiger partial charge in [-0.25, -0.2) is 4.79 Å². The van der Waals surface area contributed by atoms with Gasteiger partial charge >= 0.3 is 5.97 Å². The Morgan fingerprint density at radius 3 is 2.33 bits per heavy atom. The van der Waals surface area contributed by atoms with E-state index in [0.717, 1.165) is 0 Å². The van der Waals surface area contributed by atoms with Gasteiger partial charge in [0.2, 0.25) is 0 Å². The van der Waals surface area contributed by atoms with Gasteiger partial charge in [0.1, 0.15) is 5.70 Å². The quantitative estimate of drug-likeness (QED) is 0.345. The Morgan fingerprint density at radius 2 is 2.22 bits per heavy atom. The second-order valence-electron chi connectivity index (χ2n) is 1.25. The predicted octanol–water partition coefficient (Wildman–Crippen LogP) is 0.841. The standard InChI is InChI=1S/C6H7NO2/c1-3-4-5(7-2)6(8)9/h3-4H,1-2H2,(H,8,9)/b5-4-. The largest absolute Gasteiger partial charge is 0.477 e. The maximum absolute atomic E-state index is 10.1. The van der Waals surface area contributed by atoms with E-state index in [4.69, 9.17) is 5.11 Å². The summed E-state index contributed by atoms with van der Waals surface area (Å²) in [6.45, 7) is 6.36. The van der Waals surface area contributed by atoms with Crippen LogP contribution in [-0.4, -0.2) is 17.8 Å². The van der Waals surface area contributed by atoms with Crippen LogP contribution in [0.3, 0.4) is 0 Å². The van der Waals surface area contributed by atoms with E-state index in [1.54, 1.807) is 0 Å². The van der Waals surface area contributed by atoms with Gasteiger partial charge in [0.15, 0.2) is 0 Å². The van der Waals surface area contributed by atoms with Gasteiger partial charge < -0.3 is 5.11 Å². The highest BCUT2D eigenvalue weighted by Gasteiger charge is 1.99. The first kappa shape index (κ1) is 7.62. The SMILES string of the molecule is C=C/C=C(\N=C)C(=O)O. The second-order valence-corrected chi connectivity index (χ2v) is 1.25. The van der Waals surface area contributed by atoms with Crippen molar-refractivity contribution in [2.75, 3.05) is 0 Å². The van der Waals surface area contributed by atoms with Crippen molar-refractivity contribution in [1.29, 1.82) is 0 Å². The Labute approximate surface area is 53.0 Å². The molecular formula is C6H7NO2. The molecule has 0 atom stereocenters. The lowest BCUT2D eigenvalue weighted by molar-refractivity contribution is -0.132. The minimum atomic E-state index is -1.09. The van der Waals surface area contributed by atoms with Gasteiger partial charge in [0.25, 0.3) is 0 Å². The van der Waals surface area contributed by atoms with E-state index in [-0.39, 0.29) is 5.70 Å². The molecule has 3 nitrogen and oxygen atoms in total. The smallest absolute Gasteiger partial charge is 0.354 e. The lowest BCUT2D eigenvalue weighted by atomic mass is 10.4. The predicted molar refractivity (Wildman–Crippen MR) is 35.5 cm³/mol. The molecule has 0 aromatic carbocycles. The fraction of sp³-hybridized carbons (Fsp3) is 0. The third-order valence-corrected chi connectivity index (χ3v) is 0.665. The number of carbonyl (C=O) groups is 1. The van der Waals surface area contributed by atoms with E-state index in [2.05, 4.69) is 18.3 Å². The highest BCUT2D eigenvalue weighted by Crippen LogP contribution is 1.93. The van der Waals surface area contributed by atoms with Gasteiger partial charge in [-0.3, -0.25) is 4.99 Å². The number of nitrogens with zero attached hydrogens (tertiary/aromatic N) is 1. The molecule has 0 spiro atoms. The zero-order valence-electron chi connectivity index (χ0n) is 4.87. The number of carboxylic acid groups (broad SMARTS) is 1. The molecule has 0 heterocycles. The Kier molecular flexibility index (Phi) is 3.05. The van der Waals surface area contributed by atoms with Crippen LogP contribution in [0.25, 0.3) is 0 Å². The molecule has 0 aromatic rings. The molecule has 0 bridgehead atoms. The van der Waals surface area contributed by atoms with Crippen molar-refractivity contribution in [2.45, 2.75) is 0 Å². The number of carboxylic acids is 1. The topological polar surface area (TPSA) is 49.7 Å². The summed E-state index contributed by atoms with van der Waals surface area (Å²) in [5.41, 5.74) is -0.0926. The van der Waals surface area contributed by atoms with Gasteiger partial charge in [-0.15, -0.1) is 0 Å². The Hall–Kier alpha value is -1.38. The number of aliphatic imine (C=N–C) groups is 1. The average Bonchev–Trinajstić information content (AvgIpc) is 1.82. The fourth-order valence-corrected chi connectivity index (χ4v) is 0.303. The van der Waals surface area contributed by atoms with E-state index in [0.29, 0.717) is 0 Å². The van der Waals surface area contributed by atoms with Crippen LogP contribution < -0.4 is 0 Å². The van der Waals surface area contributed by atoms with Crippen LogP contribution in [0.2, 0.25) is 0 Å². The van der Waals surface area contributed by atoms with Crippen LogP contribution in [-0.2, 0) is 4.79 Å². The third kappa shape index (κ3) is 2.43. The summed E-state index contributed by atoms with van der Waals surface area (Å²) in [5.74, 6) is -1.09. The van der Waals surface area contributed by atoms with Crippen LogP contribution in [0.1, 0.15) is 0 Å². The van der Waals surface area contributed by atoms with Crippen molar-refractivity contribution >= 4 is 12.7 Å². The third-order valence-electron chi connectivity index (χ3n) is 0.665. The molecule has 0 aliphatic rings. The van der Waals surface area contributed by atoms with Crippen molar-refractivity contribution in [1.82, 2.24) is 0 Å². The average molecular weight is 125 g/mol. The Morgan fingerprint density at radius 1 is 1.67 bits per heavy atom. The van der Waals surface area contributed by atoms with E-state index in [1.807, 2.05) is 0 Å². The second kappa shape index (κ2) is 3.60. The van der Waals surface area contributed by atoms with Crippen LogP contribution in [0.4, 0.5) is 0 Å². The Bertz CT molecular complexity index is 170. The van der Waals surface area contributed by atoms with Crippen molar-refractivity contribution in [3.8, 4) is 0 Å². The first-order valence-corrected chi connectivity index (χ1v) is 2.25. The van der Waals surface area contributed by atoms with Gasteiger partial charge in [-0.05, 0) is 12.8 Å². The molecule has 0 rings (SSSR count). The maximum atomic E-state index is 10.1. The lowest BCUT2D eigenvalue weighted by Crippen LogP contribution is -1.95. The van der Waals surface area contributed by atoms with Crippen molar-refractivity contribution in [3.63, 3.8) is 0 Å². The molecule has 48 valence electrons. The molecule has 0 aromatic heterocycles. The van der Waals surface area contributed by atoms with Crippen LogP contribution in [0.5, 0.6) is 0 Å². The summed E-state index contributed by atoms with van der Waals surface area (Å²) >= 11 is 0. The molecule has 1 N–H and O–H groups in total. The van der Waals surface area contributed by atoms with E-state index >= 15 is 0 Å².